The number of nitrogens with two attached hydrogens (primary N) is 1. The van der Waals surface area contributed by atoms with Gasteiger partial charge in [0, 0.05) is 36.5 Å². The van der Waals surface area contributed by atoms with Crippen LogP contribution in [0.4, 0.5) is 11.6 Å². The second-order valence-corrected chi connectivity index (χ2v) is 8.77. The molecule has 1 saturated carbocycles. The van der Waals surface area contributed by atoms with Gasteiger partial charge in [-0.1, -0.05) is 0 Å². The lowest BCUT2D eigenvalue weighted by Crippen LogP contribution is -2.01. The molecule has 8 heteroatoms. The maximum Gasteiger partial charge on any atom is 0.150 e. The Morgan fingerprint density at radius 2 is 2.00 bits per heavy atom. The van der Waals surface area contributed by atoms with E-state index >= 15 is 0 Å². The molecule has 1 fully saturated rings. The molecule has 34 heavy (non-hydrogen) atoms. The zero-order valence-corrected chi connectivity index (χ0v) is 18.9. The Bertz CT molecular complexity index is 1510. The molecular weight excluding hydrogens is 426 g/mol. The minimum absolute atomic E-state index is 0.392. The summed E-state index contributed by atoms with van der Waals surface area (Å²) in [6, 6.07) is 12.0. The molecule has 8 nitrogen and oxygen atoms in total. The SMILES string of the molecule is CNc1ccc2ccc(OCc3cncc(-n4cc(CC5CC5)c5c(N)ncnc54)c3)cc2n1. The number of ether oxygens (including phenoxy) is 1. The van der Waals surface area contributed by atoms with E-state index in [1.54, 1.807) is 0 Å². The quantitative estimate of drug-likeness (QED) is 0.375. The number of benzene rings is 1. The summed E-state index contributed by atoms with van der Waals surface area (Å²) in [7, 11) is 1.86. The number of rotatable bonds is 7. The number of nitrogens with one attached hydrogen (secondary N) is 1. The monoisotopic (exact) mass is 451 g/mol. The summed E-state index contributed by atoms with van der Waals surface area (Å²) in [5, 5.41) is 5.08. The minimum Gasteiger partial charge on any atom is -0.489 e. The van der Waals surface area contributed by atoms with Crippen molar-refractivity contribution in [2.75, 3.05) is 18.1 Å². The van der Waals surface area contributed by atoms with Gasteiger partial charge >= 0.3 is 0 Å². The number of anilines is 2. The van der Waals surface area contributed by atoms with Gasteiger partial charge in [0.1, 0.15) is 36.0 Å². The first-order valence-corrected chi connectivity index (χ1v) is 11.4. The Kier molecular flexibility index (Phi) is 4.98. The van der Waals surface area contributed by atoms with Crippen LogP contribution in [-0.4, -0.2) is 31.6 Å². The number of nitrogen functional groups attached to an aromatic ring is 1. The van der Waals surface area contributed by atoms with Crippen molar-refractivity contribution in [3.05, 3.63) is 72.4 Å². The lowest BCUT2D eigenvalue weighted by molar-refractivity contribution is 0.306. The van der Waals surface area contributed by atoms with E-state index in [1.165, 1.54) is 24.7 Å². The van der Waals surface area contributed by atoms with Crippen LogP contribution in [0.25, 0.3) is 27.6 Å². The van der Waals surface area contributed by atoms with E-state index in [9.17, 15) is 0 Å². The Balaban J connectivity index is 1.28. The smallest absolute Gasteiger partial charge is 0.150 e. The molecular formula is C26H25N7O. The molecule has 4 heterocycles. The highest BCUT2D eigenvalue weighted by Crippen LogP contribution is 2.36. The third-order valence-electron chi connectivity index (χ3n) is 6.28. The van der Waals surface area contributed by atoms with Crippen LogP contribution in [0.5, 0.6) is 5.75 Å². The fourth-order valence-electron chi connectivity index (χ4n) is 4.32. The predicted molar refractivity (Wildman–Crippen MR) is 133 cm³/mol. The number of hydrogen-bond acceptors (Lipinski definition) is 7. The van der Waals surface area contributed by atoms with Crippen molar-refractivity contribution in [2.24, 2.45) is 5.92 Å². The van der Waals surface area contributed by atoms with E-state index in [0.29, 0.717) is 12.4 Å². The predicted octanol–water partition coefficient (Wildman–Crippen LogP) is 4.52. The molecule has 1 aromatic carbocycles. The second-order valence-electron chi connectivity index (χ2n) is 8.77. The van der Waals surface area contributed by atoms with Crippen molar-refractivity contribution in [2.45, 2.75) is 25.9 Å². The van der Waals surface area contributed by atoms with Crippen molar-refractivity contribution in [1.82, 2.24) is 24.5 Å². The summed E-state index contributed by atoms with van der Waals surface area (Å²) in [4.78, 5) is 17.8. The molecule has 0 spiro atoms. The maximum atomic E-state index is 6.24. The summed E-state index contributed by atoms with van der Waals surface area (Å²) in [6.45, 7) is 0.392. The van der Waals surface area contributed by atoms with E-state index in [-0.39, 0.29) is 0 Å². The average molecular weight is 452 g/mol. The van der Waals surface area contributed by atoms with Crippen LogP contribution in [0.2, 0.25) is 0 Å². The average Bonchev–Trinajstić information content (AvgIpc) is 3.61. The number of pyridine rings is 2. The third-order valence-corrected chi connectivity index (χ3v) is 6.28. The zero-order chi connectivity index (χ0) is 23.1. The van der Waals surface area contributed by atoms with Gasteiger partial charge in [-0.15, -0.1) is 0 Å². The standard InChI is InChI=1S/C26H25N7O/c1-28-23-7-5-18-4-6-21(10-22(18)32-23)34-14-17-9-20(12-29-11-17)33-13-19(8-16-2-3-16)24-25(27)30-15-31-26(24)33/h4-7,9-13,15-16H,2-3,8,14H2,1H3,(H,28,32)(H2,27,30,31). The van der Waals surface area contributed by atoms with Crippen LogP contribution in [0.1, 0.15) is 24.0 Å². The highest BCUT2D eigenvalue weighted by molar-refractivity contribution is 5.91. The first kappa shape index (κ1) is 20.4. The van der Waals surface area contributed by atoms with E-state index in [2.05, 4.69) is 42.1 Å². The Hall–Kier alpha value is -4.20. The molecule has 4 aromatic heterocycles. The van der Waals surface area contributed by atoms with Crippen molar-refractivity contribution in [3.8, 4) is 11.4 Å². The lowest BCUT2D eigenvalue weighted by atomic mass is 10.1. The number of nitrogens with zero attached hydrogens (tertiary/aromatic N) is 5. The first-order valence-electron chi connectivity index (χ1n) is 11.4. The Morgan fingerprint density at radius 1 is 1.12 bits per heavy atom. The molecule has 6 rings (SSSR count). The van der Waals surface area contributed by atoms with Gasteiger partial charge < -0.3 is 15.8 Å². The fraction of sp³-hybridized carbons (Fsp3) is 0.231. The van der Waals surface area contributed by atoms with Crippen LogP contribution in [0.3, 0.4) is 0 Å². The largest absolute Gasteiger partial charge is 0.489 e. The van der Waals surface area contributed by atoms with Crippen molar-refractivity contribution >= 4 is 33.6 Å². The van der Waals surface area contributed by atoms with Gasteiger partial charge in [-0.05, 0) is 61.1 Å². The summed E-state index contributed by atoms with van der Waals surface area (Å²) in [5.41, 5.74) is 11.0. The normalized spacial score (nSPS) is 13.4. The van der Waals surface area contributed by atoms with Crippen molar-refractivity contribution in [3.63, 3.8) is 0 Å². The summed E-state index contributed by atoms with van der Waals surface area (Å²) in [6.07, 6.45) is 10.9. The van der Waals surface area contributed by atoms with Gasteiger partial charge in [0.25, 0.3) is 0 Å². The van der Waals surface area contributed by atoms with Gasteiger partial charge in [-0.2, -0.15) is 0 Å². The summed E-state index contributed by atoms with van der Waals surface area (Å²) >= 11 is 0. The second kappa shape index (κ2) is 8.30. The van der Waals surface area contributed by atoms with Crippen LogP contribution in [0, 0.1) is 5.92 Å². The molecule has 3 N–H and O–H groups in total. The molecule has 1 aliphatic rings. The molecule has 0 bridgehead atoms. The van der Waals surface area contributed by atoms with Crippen LogP contribution < -0.4 is 15.8 Å². The highest BCUT2D eigenvalue weighted by atomic mass is 16.5. The number of aromatic nitrogens is 5. The minimum atomic E-state index is 0.392. The molecule has 0 aliphatic heterocycles. The lowest BCUT2D eigenvalue weighted by Gasteiger charge is -2.10. The number of hydrogen-bond donors (Lipinski definition) is 2. The maximum absolute atomic E-state index is 6.24. The van der Waals surface area contributed by atoms with Gasteiger partial charge in [-0.3, -0.25) is 9.55 Å². The highest BCUT2D eigenvalue weighted by Gasteiger charge is 2.25. The van der Waals surface area contributed by atoms with Crippen LogP contribution in [-0.2, 0) is 13.0 Å². The van der Waals surface area contributed by atoms with E-state index < -0.39 is 0 Å². The Labute approximate surface area is 196 Å². The van der Waals surface area contributed by atoms with Crippen molar-refractivity contribution in [1.29, 1.82) is 0 Å². The molecule has 0 saturated heterocycles. The molecule has 0 amide bonds. The van der Waals surface area contributed by atoms with E-state index in [0.717, 1.165) is 57.1 Å². The van der Waals surface area contributed by atoms with Gasteiger partial charge in [0.2, 0.25) is 0 Å². The van der Waals surface area contributed by atoms with Crippen molar-refractivity contribution < 1.29 is 4.74 Å². The number of fused-ring (bicyclic) bond motifs is 2. The summed E-state index contributed by atoms with van der Waals surface area (Å²) < 4.78 is 8.14. The molecule has 1 aliphatic carbocycles. The first-order chi connectivity index (χ1) is 16.7. The van der Waals surface area contributed by atoms with E-state index in [1.807, 2.05) is 49.8 Å². The fourth-order valence-corrected chi connectivity index (χ4v) is 4.32. The third kappa shape index (κ3) is 3.87. The molecule has 0 radical (unpaired) electrons. The van der Waals surface area contributed by atoms with Crippen LogP contribution in [0.15, 0.2) is 61.3 Å². The Morgan fingerprint density at radius 3 is 2.85 bits per heavy atom. The van der Waals surface area contributed by atoms with Gasteiger partial charge in [0.15, 0.2) is 0 Å². The molecule has 0 atom stereocenters. The molecule has 170 valence electrons. The van der Waals surface area contributed by atoms with Gasteiger partial charge in [0.05, 0.1) is 22.8 Å². The topological polar surface area (TPSA) is 104 Å². The zero-order valence-electron chi connectivity index (χ0n) is 18.9. The molecule has 0 unspecified atom stereocenters. The van der Waals surface area contributed by atoms with Crippen LogP contribution >= 0.6 is 0 Å². The van der Waals surface area contributed by atoms with Gasteiger partial charge in [-0.25, -0.2) is 15.0 Å². The molecule has 5 aromatic rings. The van der Waals surface area contributed by atoms with E-state index in [4.69, 9.17) is 10.5 Å². The summed E-state index contributed by atoms with van der Waals surface area (Å²) in [5.74, 6) is 2.85.